The Balaban J connectivity index is 1.89. The second-order valence-corrected chi connectivity index (χ2v) is 7.27. The molecule has 8 heteroatoms. The van der Waals surface area contributed by atoms with Crippen molar-refractivity contribution in [1.82, 2.24) is 4.90 Å². The molecule has 2 fully saturated rings. The zero-order valence-electron chi connectivity index (χ0n) is 16.1. The van der Waals surface area contributed by atoms with E-state index < -0.39 is 22.7 Å². The highest BCUT2D eigenvalue weighted by Crippen LogP contribution is 2.42. The largest absolute Gasteiger partial charge is 0.507 e. The third kappa shape index (κ3) is 3.46. The van der Waals surface area contributed by atoms with Gasteiger partial charge in [-0.3, -0.25) is 19.7 Å². The standard InChI is InChI=1S/C22H20N2O6/c25-20(14-7-2-1-3-8-14)18-19(16-10-4-5-11-17(16)24(28)29)23(22(27)21(18)26)13-15-9-6-12-30-15/h1-5,7-8,10-11,15,19,25H,6,9,12-13H2/t15-,19-/m1/s1. The predicted octanol–water partition coefficient (Wildman–Crippen LogP) is 3.20. The molecule has 154 valence electrons. The lowest BCUT2D eigenvalue weighted by Crippen LogP contribution is -2.36. The molecule has 2 atom stereocenters. The van der Waals surface area contributed by atoms with Crippen molar-refractivity contribution in [2.45, 2.75) is 25.0 Å². The van der Waals surface area contributed by atoms with Crippen LogP contribution in [0.2, 0.25) is 0 Å². The summed E-state index contributed by atoms with van der Waals surface area (Å²) in [6, 6.07) is 13.2. The van der Waals surface area contributed by atoms with Gasteiger partial charge in [-0.15, -0.1) is 0 Å². The first kappa shape index (κ1) is 19.8. The molecule has 0 aromatic heterocycles. The fraction of sp³-hybridized carbons (Fsp3) is 0.273. The lowest BCUT2D eigenvalue weighted by atomic mass is 9.94. The van der Waals surface area contributed by atoms with Crippen LogP contribution in [0.5, 0.6) is 0 Å². The number of amides is 1. The number of carbonyl (C=O) groups is 2. The first-order valence-electron chi connectivity index (χ1n) is 9.67. The van der Waals surface area contributed by atoms with E-state index >= 15 is 0 Å². The van der Waals surface area contributed by atoms with Crippen molar-refractivity contribution in [2.24, 2.45) is 0 Å². The topological polar surface area (TPSA) is 110 Å². The van der Waals surface area contributed by atoms with Gasteiger partial charge in [0.1, 0.15) is 5.76 Å². The van der Waals surface area contributed by atoms with Gasteiger partial charge < -0.3 is 14.7 Å². The number of carbonyl (C=O) groups excluding carboxylic acids is 2. The summed E-state index contributed by atoms with van der Waals surface area (Å²) in [5, 5.41) is 22.6. The highest BCUT2D eigenvalue weighted by Gasteiger charge is 2.48. The molecule has 1 amide bonds. The van der Waals surface area contributed by atoms with Crippen LogP contribution in [-0.2, 0) is 14.3 Å². The summed E-state index contributed by atoms with van der Waals surface area (Å²) in [5.41, 5.74) is 0.160. The minimum atomic E-state index is -1.07. The number of ether oxygens (including phenoxy) is 1. The number of nitrogens with zero attached hydrogens (tertiary/aromatic N) is 2. The first-order valence-corrected chi connectivity index (χ1v) is 9.67. The second kappa shape index (κ2) is 8.08. The highest BCUT2D eigenvalue weighted by molar-refractivity contribution is 6.46. The maximum atomic E-state index is 12.9. The van der Waals surface area contributed by atoms with Crippen molar-refractivity contribution in [3.05, 3.63) is 81.4 Å². The molecule has 2 aliphatic rings. The van der Waals surface area contributed by atoms with E-state index in [0.29, 0.717) is 12.2 Å². The second-order valence-electron chi connectivity index (χ2n) is 7.27. The van der Waals surface area contributed by atoms with E-state index in [0.717, 1.165) is 12.8 Å². The molecule has 0 aliphatic carbocycles. The number of aliphatic hydroxyl groups is 1. The first-order chi connectivity index (χ1) is 14.5. The molecule has 0 saturated carbocycles. The molecular formula is C22H20N2O6. The Hall–Kier alpha value is -3.52. The van der Waals surface area contributed by atoms with Crippen LogP contribution in [0.1, 0.15) is 30.0 Å². The Morgan fingerprint density at radius 2 is 1.83 bits per heavy atom. The van der Waals surface area contributed by atoms with Gasteiger partial charge >= 0.3 is 0 Å². The Morgan fingerprint density at radius 1 is 1.13 bits per heavy atom. The van der Waals surface area contributed by atoms with Gasteiger partial charge in [0.05, 0.1) is 28.2 Å². The number of Topliss-reactive ketones (excluding diaryl/α,β-unsaturated/α-hetero) is 1. The number of hydrogen-bond acceptors (Lipinski definition) is 6. The molecule has 0 spiro atoms. The fourth-order valence-corrected chi connectivity index (χ4v) is 4.04. The Labute approximate surface area is 172 Å². The highest BCUT2D eigenvalue weighted by atomic mass is 16.6. The van der Waals surface area contributed by atoms with Crippen LogP contribution in [0.25, 0.3) is 5.76 Å². The maximum absolute atomic E-state index is 12.9. The van der Waals surface area contributed by atoms with Crippen LogP contribution in [0.4, 0.5) is 5.69 Å². The van der Waals surface area contributed by atoms with Gasteiger partial charge in [-0.1, -0.05) is 42.5 Å². The molecule has 2 aliphatic heterocycles. The summed E-state index contributed by atoms with van der Waals surface area (Å²) in [4.78, 5) is 38.2. The van der Waals surface area contributed by atoms with Crippen LogP contribution in [0, 0.1) is 10.1 Å². The normalized spacial score (nSPS) is 23.1. The lowest BCUT2D eigenvalue weighted by molar-refractivity contribution is -0.385. The van der Waals surface area contributed by atoms with Crippen molar-refractivity contribution >= 4 is 23.1 Å². The number of nitro groups is 1. The zero-order valence-corrected chi connectivity index (χ0v) is 16.1. The predicted molar refractivity (Wildman–Crippen MR) is 108 cm³/mol. The quantitative estimate of drug-likeness (QED) is 0.267. The van der Waals surface area contributed by atoms with Gasteiger partial charge in [0.15, 0.2) is 0 Å². The fourth-order valence-electron chi connectivity index (χ4n) is 4.04. The molecule has 0 bridgehead atoms. The third-order valence-corrected chi connectivity index (χ3v) is 5.44. The molecule has 2 heterocycles. The van der Waals surface area contributed by atoms with Crippen LogP contribution in [-0.4, -0.2) is 45.9 Å². The summed E-state index contributed by atoms with van der Waals surface area (Å²) in [6.07, 6.45) is 1.31. The number of likely N-dealkylation sites (tertiary alicyclic amines) is 1. The molecule has 2 aromatic rings. The SMILES string of the molecule is O=C1C(=O)N(C[C@H]2CCCO2)[C@H](c2ccccc2[N+](=O)[O-])C1=C(O)c1ccccc1. The van der Waals surface area contributed by atoms with Gasteiger partial charge in [-0.2, -0.15) is 0 Å². The monoisotopic (exact) mass is 408 g/mol. The van der Waals surface area contributed by atoms with Gasteiger partial charge in [-0.25, -0.2) is 0 Å². The number of rotatable bonds is 5. The van der Waals surface area contributed by atoms with Gasteiger partial charge in [0, 0.05) is 24.8 Å². The number of ketones is 1. The molecule has 30 heavy (non-hydrogen) atoms. The van der Waals surface area contributed by atoms with Crippen LogP contribution in [0.3, 0.4) is 0 Å². The van der Waals surface area contributed by atoms with E-state index in [-0.39, 0.29) is 35.2 Å². The maximum Gasteiger partial charge on any atom is 0.295 e. The van der Waals surface area contributed by atoms with Crippen LogP contribution in [0.15, 0.2) is 60.2 Å². The number of hydrogen-bond donors (Lipinski definition) is 1. The van der Waals surface area contributed by atoms with Crippen molar-refractivity contribution in [2.75, 3.05) is 13.2 Å². The third-order valence-electron chi connectivity index (χ3n) is 5.44. The van der Waals surface area contributed by atoms with E-state index in [1.54, 1.807) is 36.4 Å². The molecule has 1 N–H and O–H groups in total. The molecule has 2 saturated heterocycles. The van der Waals surface area contributed by atoms with Gasteiger partial charge in [0.2, 0.25) is 0 Å². The van der Waals surface area contributed by atoms with E-state index in [4.69, 9.17) is 4.74 Å². The average Bonchev–Trinajstić information content (AvgIpc) is 3.36. The van der Waals surface area contributed by atoms with Crippen LogP contribution >= 0.6 is 0 Å². The Morgan fingerprint density at radius 3 is 2.50 bits per heavy atom. The summed E-state index contributed by atoms with van der Waals surface area (Å²) in [7, 11) is 0. The smallest absolute Gasteiger partial charge is 0.295 e. The molecular weight excluding hydrogens is 388 g/mol. The molecule has 0 unspecified atom stereocenters. The zero-order chi connectivity index (χ0) is 21.3. The van der Waals surface area contributed by atoms with Crippen molar-refractivity contribution in [3.8, 4) is 0 Å². The molecule has 2 aromatic carbocycles. The van der Waals surface area contributed by atoms with Gasteiger partial charge in [-0.05, 0) is 18.9 Å². The summed E-state index contributed by atoms with van der Waals surface area (Å²) in [5.74, 6) is -2.02. The van der Waals surface area contributed by atoms with E-state index in [1.165, 1.54) is 23.1 Å². The summed E-state index contributed by atoms with van der Waals surface area (Å²) in [6.45, 7) is 0.682. The van der Waals surface area contributed by atoms with E-state index in [2.05, 4.69) is 0 Å². The Bertz CT molecular complexity index is 1030. The molecule has 4 rings (SSSR count). The Kier molecular flexibility index (Phi) is 5.33. The van der Waals surface area contributed by atoms with E-state index in [9.17, 15) is 24.8 Å². The number of aliphatic hydroxyl groups excluding tert-OH is 1. The minimum Gasteiger partial charge on any atom is -0.507 e. The summed E-state index contributed by atoms with van der Waals surface area (Å²) < 4.78 is 5.62. The number of nitro benzene ring substituents is 1. The number of benzene rings is 2. The minimum absolute atomic E-state index is 0.118. The number of para-hydroxylation sites is 1. The van der Waals surface area contributed by atoms with Crippen molar-refractivity contribution in [1.29, 1.82) is 0 Å². The van der Waals surface area contributed by atoms with Crippen molar-refractivity contribution in [3.63, 3.8) is 0 Å². The van der Waals surface area contributed by atoms with Crippen molar-refractivity contribution < 1.29 is 24.4 Å². The van der Waals surface area contributed by atoms with E-state index in [1.807, 2.05) is 0 Å². The van der Waals surface area contributed by atoms with Crippen LogP contribution < -0.4 is 0 Å². The molecule has 0 radical (unpaired) electrons. The lowest BCUT2D eigenvalue weighted by Gasteiger charge is -2.27. The molecule has 8 nitrogen and oxygen atoms in total. The van der Waals surface area contributed by atoms with Gasteiger partial charge in [0.25, 0.3) is 17.4 Å². The summed E-state index contributed by atoms with van der Waals surface area (Å²) >= 11 is 0. The average molecular weight is 408 g/mol.